The van der Waals surface area contributed by atoms with Crippen LogP contribution in [0.3, 0.4) is 0 Å². The van der Waals surface area contributed by atoms with Crippen molar-refractivity contribution in [3.05, 3.63) is 34.4 Å². The number of hydrogen-bond donors (Lipinski definition) is 2. The Bertz CT molecular complexity index is 586. The van der Waals surface area contributed by atoms with Crippen LogP contribution in [0, 0.1) is 0 Å². The second-order valence-electron chi connectivity index (χ2n) is 4.39. The highest BCUT2D eigenvalue weighted by molar-refractivity contribution is 6.29. The number of hydrogen-bond acceptors (Lipinski definition) is 5. The van der Waals surface area contributed by atoms with Gasteiger partial charge >= 0.3 is 0 Å². The Morgan fingerprint density at radius 2 is 2.30 bits per heavy atom. The molecule has 2 heterocycles. The van der Waals surface area contributed by atoms with Crippen molar-refractivity contribution in [2.75, 3.05) is 0 Å². The summed E-state index contributed by atoms with van der Waals surface area (Å²) in [5, 5.41) is 16.6. The van der Waals surface area contributed by atoms with E-state index in [4.69, 9.17) is 11.6 Å². The molecule has 2 rings (SSSR count). The van der Waals surface area contributed by atoms with Crippen LogP contribution in [0.15, 0.2) is 12.1 Å². The molecule has 0 spiro atoms. The normalized spacial score (nSPS) is 12.2. The van der Waals surface area contributed by atoms with Crippen LogP contribution in [0.25, 0.3) is 0 Å². The molecule has 7 nitrogen and oxygen atoms in total. The molecule has 0 aliphatic heterocycles. The zero-order chi connectivity index (χ0) is 14.5. The van der Waals surface area contributed by atoms with Gasteiger partial charge in [-0.3, -0.25) is 4.79 Å². The van der Waals surface area contributed by atoms with Crippen LogP contribution in [-0.4, -0.2) is 31.5 Å². The number of rotatable bonds is 5. The Morgan fingerprint density at radius 3 is 2.95 bits per heavy atom. The first-order chi connectivity index (χ1) is 9.60. The lowest BCUT2D eigenvalue weighted by molar-refractivity contribution is 0.0938. The second kappa shape index (κ2) is 6.42. The lowest BCUT2D eigenvalue weighted by Gasteiger charge is -2.11. The molecule has 0 saturated heterocycles. The highest BCUT2D eigenvalue weighted by Crippen LogP contribution is 2.14. The Labute approximate surface area is 121 Å². The monoisotopic (exact) mass is 294 g/mol. The van der Waals surface area contributed by atoms with Crippen molar-refractivity contribution in [1.29, 1.82) is 0 Å². The van der Waals surface area contributed by atoms with E-state index in [1.807, 2.05) is 6.92 Å². The molecular formula is C12H15ClN6O. The number of carbonyl (C=O) groups is 1. The minimum Gasteiger partial charge on any atom is -0.342 e. The van der Waals surface area contributed by atoms with Crippen LogP contribution < -0.4 is 5.32 Å². The third-order valence-corrected chi connectivity index (χ3v) is 2.91. The summed E-state index contributed by atoms with van der Waals surface area (Å²) in [6.07, 6.45) is 1.72. The molecule has 0 fully saturated rings. The molecule has 8 heteroatoms. The SMILES string of the molecule is CCCc1cc(C(=O)NC(C)c2nn[nH]n2)cc(Cl)n1. The molecule has 0 bridgehead atoms. The third kappa shape index (κ3) is 3.51. The highest BCUT2D eigenvalue weighted by Gasteiger charge is 2.16. The van der Waals surface area contributed by atoms with E-state index in [-0.39, 0.29) is 11.9 Å². The number of pyridine rings is 1. The summed E-state index contributed by atoms with van der Waals surface area (Å²) in [5.41, 5.74) is 1.28. The van der Waals surface area contributed by atoms with Gasteiger partial charge in [0.05, 0.1) is 6.04 Å². The van der Waals surface area contributed by atoms with Gasteiger partial charge in [0.15, 0.2) is 5.82 Å². The molecule has 20 heavy (non-hydrogen) atoms. The number of nitrogens with zero attached hydrogens (tertiary/aromatic N) is 4. The summed E-state index contributed by atoms with van der Waals surface area (Å²) in [6, 6.07) is 2.94. The number of aryl methyl sites for hydroxylation is 1. The molecule has 0 aliphatic carbocycles. The molecule has 2 aromatic rings. The van der Waals surface area contributed by atoms with Gasteiger partial charge in [0.2, 0.25) is 0 Å². The highest BCUT2D eigenvalue weighted by atomic mass is 35.5. The Morgan fingerprint density at radius 1 is 1.50 bits per heavy atom. The predicted octanol–water partition coefficient (Wildman–Crippen LogP) is 1.69. The van der Waals surface area contributed by atoms with Crippen molar-refractivity contribution in [2.24, 2.45) is 0 Å². The second-order valence-corrected chi connectivity index (χ2v) is 4.77. The summed E-state index contributed by atoms with van der Waals surface area (Å²) < 4.78 is 0. The van der Waals surface area contributed by atoms with E-state index in [1.165, 1.54) is 0 Å². The zero-order valence-corrected chi connectivity index (χ0v) is 12.0. The van der Waals surface area contributed by atoms with Crippen LogP contribution in [0.4, 0.5) is 0 Å². The Hall–Kier alpha value is -2.02. The molecule has 0 radical (unpaired) electrons. The molecule has 2 N–H and O–H groups in total. The first-order valence-electron chi connectivity index (χ1n) is 6.30. The largest absolute Gasteiger partial charge is 0.342 e. The Balaban J connectivity index is 2.12. The van der Waals surface area contributed by atoms with Crippen molar-refractivity contribution in [3.63, 3.8) is 0 Å². The summed E-state index contributed by atoms with van der Waals surface area (Å²) in [6.45, 7) is 3.82. The lowest BCUT2D eigenvalue weighted by Crippen LogP contribution is -2.27. The maximum Gasteiger partial charge on any atom is 0.252 e. The Kier molecular flexibility index (Phi) is 4.62. The van der Waals surface area contributed by atoms with E-state index >= 15 is 0 Å². The summed E-state index contributed by atoms with van der Waals surface area (Å²) >= 11 is 5.94. The fourth-order valence-electron chi connectivity index (χ4n) is 1.76. The van der Waals surface area contributed by atoms with Gasteiger partial charge in [0.1, 0.15) is 5.15 Å². The molecule has 2 aromatic heterocycles. The number of amides is 1. The van der Waals surface area contributed by atoms with Crippen molar-refractivity contribution < 1.29 is 4.79 Å². The first kappa shape index (κ1) is 14.4. The van der Waals surface area contributed by atoms with E-state index in [2.05, 4.69) is 30.9 Å². The van der Waals surface area contributed by atoms with Crippen LogP contribution in [-0.2, 0) is 6.42 Å². The number of halogens is 1. The van der Waals surface area contributed by atoms with Crippen LogP contribution in [0.2, 0.25) is 5.15 Å². The number of H-pyrrole nitrogens is 1. The lowest BCUT2D eigenvalue weighted by atomic mass is 10.1. The summed E-state index contributed by atoms with van der Waals surface area (Å²) in [4.78, 5) is 16.4. The van der Waals surface area contributed by atoms with E-state index in [0.717, 1.165) is 18.5 Å². The number of aromatic nitrogens is 5. The molecule has 0 saturated carbocycles. The average Bonchev–Trinajstić information content (AvgIpc) is 2.92. The minimum atomic E-state index is -0.345. The van der Waals surface area contributed by atoms with Gasteiger partial charge in [-0.2, -0.15) is 5.21 Å². The first-order valence-corrected chi connectivity index (χ1v) is 6.68. The van der Waals surface area contributed by atoms with E-state index in [9.17, 15) is 4.79 Å². The molecular weight excluding hydrogens is 280 g/mol. The average molecular weight is 295 g/mol. The van der Waals surface area contributed by atoms with Crippen molar-refractivity contribution in [3.8, 4) is 0 Å². The topological polar surface area (TPSA) is 96.5 Å². The van der Waals surface area contributed by atoms with Gasteiger partial charge in [-0.1, -0.05) is 30.2 Å². The molecule has 0 aromatic carbocycles. The van der Waals surface area contributed by atoms with Crippen LogP contribution >= 0.6 is 11.6 Å². The summed E-state index contributed by atoms with van der Waals surface area (Å²) in [5.74, 6) is 0.177. The van der Waals surface area contributed by atoms with Gasteiger partial charge in [0, 0.05) is 11.3 Å². The van der Waals surface area contributed by atoms with Gasteiger partial charge in [-0.05, 0) is 25.5 Å². The van der Waals surface area contributed by atoms with Crippen molar-refractivity contribution >= 4 is 17.5 Å². The van der Waals surface area contributed by atoms with E-state index in [1.54, 1.807) is 19.1 Å². The number of tetrazole rings is 1. The fourth-order valence-corrected chi connectivity index (χ4v) is 1.99. The quantitative estimate of drug-likeness (QED) is 0.818. The molecule has 1 amide bonds. The number of carbonyl (C=O) groups excluding carboxylic acids is 1. The zero-order valence-electron chi connectivity index (χ0n) is 11.2. The van der Waals surface area contributed by atoms with Crippen LogP contribution in [0.1, 0.15) is 48.2 Å². The maximum atomic E-state index is 12.2. The molecule has 1 atom stereocenters. The number of nitrogens with one attached hydrogen (secondary N) is 2. The van der Waals surface area contributed by atoms with Gasteiger partial charge in [-0.15, -0.1) is 10.2 Å². The molecule has 1 unspecified atom stereocenters. The minimum absolute atomic E-state index is 0.246. The van der Waals surface area contributed by atoms with Gasteiger partial charge in [-0.25, -0.2) is 4.98 Å². The fraction of sp³-hybridized carbons (Fsp3) is 0.417. The predicted molar refractivity (Wildman–Crippen MR) is 73.3 cm³/mol. The van der Waals surface area contributed by atoms with Crippen molar-refractivity contribution in [1.82, 2.24) is 30.9 Å². The summed E-state index contributed by atoms with van der Waals surface area (Å²) in [7, 11) is 0. The van der Waals surface area contributed by atoms with Gasteiger partial charge in [0.25, 0.3) is 5.91 Å². The van der Waals surface area contributed by atoms with Gasteiger partial charge < -0.3 is 5.32 Å². The maximum absolute atomic E-state index is 12.2. The third-order valence-electron chi connectivity index (χ3n) is 2.71. The van der Waals surface area contributed by atoms with Crippen molar-refractivity contribution in [2.45, 2.75) is 32.7 Å². The van der Waals surface area contributed by atoms with Crippen LogP contribution in [0.5, 0.6) is 0 Å². The molecule has 0 aliphatic rings. The number of aromatic amines is 1. The van der Waals surface area contributed by atoms with E-state index < -0.39 is 0 Å². The smallest absolute Gasteiger partial charge is 0.252 e. The molecule has 106 valence electrons. The standard InChI is InChI=1S/C12H15ClN6O/c1-3-4-9-5-8(6-10(13)15-9)12(20)14-7(2)11-16-18-19-17-11/h5-7H,3-4H2,1-2H3,(H,14,20)(H,16,17,18,19). The van der Waals surface area contributed by atoms with E-state index in [0.29, 0.717) is 16.5 Å².